The van der Waals surface area contributed by atoms with Crippen molar-refractivity contribution in [2.75, 3.05) is 0 Å². The Morgan fingerprint density at radius 3 is 1.18 bits per heavy atom. The first-order chi connectivity index (χ1) is 32.2. The number of fused-ring (bicyclic) bond motifs is 5. The van der Waals surface area contributed by atoms with Gasteiger partial charge >= 0.3 is 0 Å². The van der Waals surface area contributed by atoms with Crippen molar-refractivity contribution in [1.29, 1.82) is 0 Å². The maximum Gasteiger partial charge on any atom is 0.238 e. The molecule has 65 heavy (non-hydrogen) atoms. The average molecular weight is 825 g/mol. The van der Waals surface area contributed by atoms with Gasteiger partial charge < -0.3 is 0 Å². The molecule has 0 saturated heterocycles. The van der Waals surface area contributed by atoms with Gasteiger partial charge in [0.2, 0.25) is 5.95 Å². The van der Waals surface area contributed by atoms with Gasteiger partial charge in [0.1, 0.15) is 0 Å². The molecule has 300 valence electrons. The van der Waals surface area contributed by atoms with Crippen molar-refractivity contribution in [2.24, 2.45) is 0 Å². The summed E-state index contributed by atoms with van der Waals surface area (Å²) >= 11 is 0. The number of hydrogen-bond donors (Lipinski definition) is 0. The highest BCUT2D eigenvalue weighted by Gasteiger charge is 2.19. The Bertz CT molecular complexity index is 4150. The summed E-state index contributed by atoms with van der Waals surface area (Å²) in [6.07, 6.45) is 0. The summed E-state index contributed by atoms with van der Waals surface area (Å²) in [5, 5.41) is 17.8. The van der Waals surface area contributed by atoms with E-state index in [1.54, 1.807) is 0 Å². The molecule has 12 aromatic carbocycles. The molecule has 2 heterocycles. The molecule has 0 fully saturated rings. The van der Waals surface area contributed by atoms with Crippen LogP contribution in [0.5, 0.6) is 0 Å². The molecule has 0 radical (unpaired) electrons. The monoisotopic (exact) mass is 824 g/mol. The van der Waals surface area contributed by atoms with Crippen molar-refractivity contribution in [1.82, 2.24) is 19.5 Å². The highest BCUT2D eigenvalue weighted by atomic mass is 15.2. The Kier molecular flexibility index (Phi) is 7.65. The van der Waals surface area contributed by atoms with Crippen LogP contribution in [0.4, 0.5) is 0 Å². The maximum atomic E-state index is 5.16. The van der Waals surface area contributed by atoms with E-state index in [9.17, 15) is 0 Å². The Hall–Kier alpha value is -8.73. The van der Waals surface area contributed by atoms with Crippen molar-refractivity contribution >= 4 is 86.4 Å². The lowest BCUT2D eigenvalue weighted by Crippen LogP contribution is -2.06. The normalized spacial score (nSPS) is 12.0. The average Bonchev–Trinajstić information content (AvgIpc) is 3.72. The van der Waals surface area contributed by atoms with E-state index in [0.29, 0.717) is 17.6 Å². The molecule has 14 rings (SSSR count). The molecule has 0 unspecified atom stereocenters. The summed E-state index contributed by atoms with van der Waals surface area (Å²) in [7, 11) is 0. The summed E-state index contributed by atoms with van der Waals surface area (Å²) in [5.74, 6) is 1.85. The van der Waals surface area contributed by atoms with Crippen LogP contribution in [0.25, 0.3) is 137 Å². The smallest absolute Gasteiger partial charge is 0.238 e. The molecule has 0 aliphatic rings. The van der Waals surface area contributed by atoms with E-state index in [4.69, 9.17) is 15.0 Å². The Morgan fingerprint density at radius 2 is 0.646 bits per heavy atom. The molecule has 4 heteroatoms. The van der Waals surface area contributed by atoms with Crippen LogP contribution in [0, 0.1) is 0 Å². The number of rotatable bonds is 5. The first-order valence-corrected chi connectivity index (χ1v) is 22.2. The van der Waals surface area contributed by atoms with Crippen LogP contribution in [0.15, 0.2) is 218 Å². The van der Waals surface area contributed by atoms with E-state index < -0.39 is 0 Å². The van der Waals surface area contributed by atoms with Gasteiger partial charge in [-0.1, -0.05) is 194 Å². The molecular weight excluding hydrogens is 789 g/mol. The van der Waals surface area contributed by atoms with Crippen LogP contribution in [-0.4, -0.2) is 19.5 Å². The van der Waals surface area contributed by atoms with Crippen LogP contribution >= 0.6 is 0 Å². The van der Waals surface area contributed by atoms with Crippen molar-refractivity contribution in [3.05, 3.63) is 218 Å². The molecule has 2 aromatic heterocycles. The SMILES string of the molecule is c1ccc(-c2nc(-c3ccc(-c4ccc(-c5cc6ccc7cccc8c9cccc%10ccc%11cccc(c(c5)c6c78)c%11c%109)cc4)cc3)nc(-n3c4ccccc4c4ccccc43)n2)cc1. The van der Waals surface area contributed by atoms with E-state index >= 15 is 0 Å². The minimum absolute atomic E-state index is 0.590. The maximum absolute atomic E-state index is 5.16. The van der Waals surface area contributed by atoms with Gasteiger partial charge in [-0.15, -0.1) is 0 Å². The van der Waals surface area contributed by atoms with Gasteiger partial charge in [-0.25, -0.2) is 4.98 Å². The third-order valence-electron chi connectivity index (χ3n) is 13.6. The highest BCUT2D eigenvalue weighted by Crippen LogP contribution is 2.44. The Morgan fingerprint density at radius 1 is 0.246 bits per heavy atom. The zero-order chi connectivity index (χ0) is 42.6. The van der Waals surface area contributed by atoms with Crippen molar-refractivity contribution < 1.29 is 0 Å². The summed E-state index contributed by atoms with van der Waals surface area (Å²) in [6.45, 7) is 0. The molecule has 0 saturated carbocycles. The highest BCUT2D eigenvalue weighted by molar-refractivity contribution is 6.37. The van der Waals surface area contributed by atoms with E-state index in [1.807, 2.05) is 18.2 Å². The molecule has 0 N–H and O–H groups in total. The van der Waals surface area contributed by atoms with Crippen LogP contribution < -0.4 is 0 Å². The number of benzene rings is 11. The third-order valence-corrected chi connectivity index (χ3v) is 13.6. The molecular formula is C61H36N4. The topological polar surface area (TPSA) is 43.6 Å². The first kappa shape index (κ1) is 35.8. The van der Waals surface area contributed by atoms with Crippen LogP contribution in [-0.2, 0) is 0 Å². The number of aromatic nitrogens is 4. The van der Waals surface area contributed by atoms with Gasteiger partial charge in [-0.05, 0) is 111 Å². The summed E-state index contributed by atoms with van der Waals surface area (Å²) in [5.41, 5.74) is 8.63. The number of para-hydroxylation sites is 2. The van der Waals surface area contributed by atoms with E-state index in [0.717, 1.165) is 44.1 Å². The minimum Gasteiger partial charge on any atom is -0.278 e. The first-order valence-electron chi connectivity index (χ1n) is 22.2. The number of nitrogens with zero attached hydrogens (tertiary/aromatic N) is 4. The van der Waals surface area contributed by atoms with Crippen molar-refractivity contribution in [3.63, 3.8) is 0 Å². The Balaban J connectivity index is 0.878. The molecule has 4 nitrogen and oxygen atoms in total. The van der Waals surface area contributed by atoms with Crippen molar-refractivity contribution in [2.45, 2.75) is 0 Å². The van der Waals surface area contributed by atoms with E-state index in [2.05, 4.69) is 205 Å². The van der Waals surface area contributed by atoms with Crippen molar-refractivity contribution in [3.8, 4) is 51.0 Å². The van der Waals surface area contributed by atoms with Crippen LogP contribution in [0.1, 0.15) is 0 Å². The van der Waals surface area contributed by atoms with E-state index in [1.165, 1.54) is 75.8 Å². The van der Waals surface area contributed by atoms with Crippen LogP contribution in [0.3, 0.4) is 0 Å². The third kappa shape index (κ3) is 5.47. The second kappa shape index (κ2) is 13.9. The predicted octanol–water partition coefficient (Wildman–Crippen LogP) is 16.0. The van der Waals surface area contributed by atoms with Gasteiger partial charge in [0.05, 0.1) is 11.0 Å². The lowest BCUT2D eigenvalue weighted by molar-refractivity contribution is 0.953. The molecule has 0 aliphatic heterocycles. The van der Waals surface area contributed by atoms with Gasteiger partial charge in [-0.3, -0.25) is 4.57 Å². The predicted molar refractivity (Wildman–Crippen MR) is 272 cm³/mol. The molecule has 14 aromatic rings. The number of hydrogen-bond acceptors (Lipinski definition) is 3. The lowest BCUT2D eigenvalue weighted by Gasteiger charge is -2.17. The zero-order valence-electron chi connectivity index (χ0n) is 35.1. The second-order valence-corrected chi connectivity index (χ2v) is 17.1. The Labute approximate surface area is 373 Å². The standard InChI is InChI=1S/C61H36N4/c1-2-11-43(12-3-1)59-62-60(64-61(63-59)65-53-21-6-4-16-47(53)48-17-5-7-22-54(48)65)44-32-27-38(28-33-44)37-23-25-39(26-24-37)46-35-45-34-31-42-14-9-19-50-49-18-8-13-40-29-30-41-15-10-20-51(57(41)55(40)49)52(36-46)58(45)56(42)50/h1-36H. The second-order valence-electron chi connectivity index (χ2n) is 17.1. The molecule has 0 bridgehead atoms. The van der Waals surface area contributed by atoms with Gasteiger partial charge in [0.25, 0.3) is 0 Å². The van der Waals surface area contributed by atoms with Gasteiger partial charge in [0.15, 0.2) is 11.6 Å². The van der Waals surface area contributed by atoms with Gasteiger partial charge in [0, 0.05) is 21.9 Å². The summed E-state index contributed by atoms with van der Waals surface area (Å²) in [6, 6.07) is 78.9. The molecule has 0 amide bonds. The van der Waals surface area contributed by atoms with Gasteiger partial charge in [-0.2, -0.15) is 9.97 Å². The molecule has 0 spiro atoms. The van der Waals surface area contributed by atoms with E-state index in [-0.39, 0.29) is 0 Å². The molecule has 0 atom stereocenters. The lowest BCUT2D eigenvalue weighted by atomic mass is 9.86. The summed E-state index contributed by atoms with van der Waals surface area (Å²) < 4.78 is 2.16. The fraction of sp³-hybridized carbons (Fsp3) is 0. The zero-order valence-corrected chi connectivity index (χ0v) is 35.1. The van der Waals surface area contributed by atoms with Crippen LogP contribution in [0.2, 0.25) is 0 Å². The summed E-state index contributed by atoms with van der Waals surface area (Å²) in [4.78, 5) is 15.3. The largest absolute Gasteiger partial charge is 0.278 e. The fourth-order valence-electron chi connectivity index (χ4n) is 10.6. The molecule has 0 aliphatic carbocycles. The fourth-order valence-corrected chi connectivity index (χ4v) is 10.6. The minimum atomic E-state index is 0.590. The quantitative estimate of drug-likeness (QED) is 0.162.